The first-order valence-corrected chi connectivity index (χ1v) is 17.2. The van der Waals surface area contributed by atoms with Crippen LogP contribution < -0.4 is 14.8 Å². The second-order valence-corrected chi connectivity index (χ2v) is 13.1. The molecule has 2 N–H and O–H groups in total. The summed E-state index contributed by atoms with van der Waals surface area (Å²) >= 11 is 0. The molecule has 1 aliphatic heterocycles. The highest BCUT2D eigenvalue weighted by Crippen LogP contribution is 2.32. The van der Waals surface area contributed by atoms with Crippen molar-refractivity contribution >= 4 is 17.8 Å². The summed E-state index contributed by atoms with van der Waals surface area (Å²) in [5.41, 5.74) is 5.94. The second kappa shape index (κ2) is 15.9. The van der Waals surface area contributed by atoms with Crippen LogP contribution in [0.3, 0.4) is 0 Å². The van der Waals surface area contributed by atoms with Gasteiger partial charge in [0.1, 0.15) is 23.6 Å². The molecular weight excluding hydrogens is 616 g/mol. The van der Waals surface area contributed by atoms with Gasteiger partial charge in [-0.25, -0.2) is 4.79 Å². The van der Waals surface area contributed by atoms with Gasteiger partial charge < -0.3 is 24.8 Å². The number of methoxy groups -OCH3 is 1. The standard InChI is InChI=1S/C41H44N2O6/c1-48-35-18-13-28(14-19-35)21-22-49-36-20-17-33-26-38(43(27-34(33)25-36)39(44)24-29-7-5-6-8-29)40(45)42-37(41(46)47)23-30-11-15-32(16-12-30)31-9-3-2-4-10-31/h2-4,9-20,25,29,37-38H,5-8,21-24,26-27H2,1H3,(H,42,45)(H,46,47)/t37-,38-/m0/s1. The molecule has 1 heterocycles. The zero-order valence-electron chi connectivity index (χ0n) is 28.0. The summed E-state index contributed by atoms with van der Waals surface area (Å²) in [5, 5.41) is 12.9. The predicted molar refractivity (Wildman–Crippen MR) is 188 cm³/mol. The van der Waals surface area contributed by atoms with Crippen LogP contribution in [-0.2, 0) is 40.2 Å². The zero-order valence-corrected chi connectivity index (χ0v) is 28.0. The number of benzene rings is 4. The third kappa shape index (κ3) is 8.68. The van der Waals surface area contributed by atoms with Crippen LogP contribution in [0.2, 0.25) is 0 Å². The lowest BCUT2D eigenvalue weighted by molar-refractivity contribution is -0.145. The van der Waals surface area contributed by atoms with E-state index in [9.17, 15) is 19.5 Å². The Morgan fingerprint density at radius 3 is 2.20 bits per heavy atom. The molecule has 1 fully saturated rings. The molecule has 49 heavy (non-hydrogen) atoms. The SMILES string of the molecule is COc1ccc(CCOc2ccc3c(c2)CN(C(=O)CC2CCCC2)[C@H](C(=O)N[C@@H](Cc2ccc(-c4ccccc4)cc2)C(=O)O)C3)cc1. The summed E-state index contributed by atoms with van der Waals surface area (Å²) in [7, 11) is 1.65. The van der Waals surface area contributed by atoms with E-state index < -0.39 is 24.0 Å². The molecule has 8 nitrogen and oxygen atoms in total. The Morgan fingerprint density at radius 1 is 0.837 bits per heavy atom. The lowest BCUT2D eigenvalue weighted by Crippen LogP contribution is -2.56. The van der Waals surface area contributed by atoms with Crippen LogP contribution in [0.15, 0.2) is 97.1 Å². The van der Waals surface area contributed by atoms with E-state index in [2.05, 4.69) is 5.32 Å². The number of carbonyl (C=O) groups is 3. The van der Waals surface area contributed by atoms with Gasteiger partial charge in [-0.05, 0) is 76.4 Å². The van der Waals surface area contributed by atoms with Crippen LogP contribution in [-0.4, -0.2) is 53.6 Å². The molecular formula is C41H44N2O6. The smallest absolute Gasteiger partial charge is 0.326 e. The number of nitrogens with zero attached hydrogens (tertiary/aromatic N) is 1. The first-order chi connectivity index (χ1) is 23.9. The fourth-order valence-electron chi connectivity index (χ4n) is 6.97. The monoisotopic (exact) mass is 660 g/mol. The van der Waals surface area contributed by atoms with Crippen molar-refractivity contribution in [3.63, 3.8) is 0 Å². The van der Waals surface area contributed by atoms with Gasteiger partial charge in [0.15, 0.2) is 0 Å². The van der Waals surface area contributed by atoms with Crippen LogP contribution in [0.25, 0.3) is 11.1 Å². The van der Waals surface area contributed by atoms with Crippen molar-refractivity contribution in [2.24, 2.45) is 5.92 Å². The Labute approximate surface area is 288 Å². The Bertz CT molecular complexity index is 1730. The number of aliphatic carboxylic acids is 1. The van der Waals surface area contributed by atoms with Crippen LogP contribution in [0.4, 0.5) is 0 Å². The van der Waals surface area contributed by atoms with Gasteiger partial charge in [-0.3, -0.25) is 9.59 Å². The van der Waals surface area contributed by atoms with E-state index in [1.54, 1.807) is 12.0 Å². The lowest BCUT2D eigenvalue weighted by Gasteiger charge is -2.37. The van der Waals surface area contributed by atoms with Crippen LogP contribution in [0, 0.1) is 5.92 Å². The maximum atomic E-state index is 13.9. The van der Waals surface area contributed by atoms with Gasteiger partial charge in [-0.15, -0.1) is 0 Å². The van der Waals surface area contributed by atoms with E-state index in [1.165, 1.54) is 0 Å². The molecule has 0 aromatic heterocycles. The van der Waals surface area contributed by atoms with Crippen molar-refractivity contribution in [2.75, 3.05) is 13.7 Å². The average Bonchev–Trinajstić information content (AvgIpc) is 3.64. The molecule has 8 heteroatoms. The number of carboxylic acids is 1. The fraction of sp³-hybridized carbons (Fsp3) is 0.341. The van der Waals surface area contributed by atoms with E-state index in [0.29, 0.717) is 31.1 Å². The number of rotatable bonds is 13. The highest BCUT2D eigenvalue weighted by molar-refractivity contribution is 5.91. The third-order valence-electron chi connectivity index (χ3n) is 9.80. The number of carboxylic acid groups (broad SMARTS) is 1. The summed E-state index contributed by atoms with van der Waals surface area (Å²) in [6.45, 7) is 0.763. The Balaban J connectivity index is 1.14. The maximum absolute atomic E-state index is 13.9. The van der Waals surface area contributed by atoms with E-state index in [0.717, 1.165) is 71.2 Å². The Hall–Kier alpha value is -5.11. The Morgan fingerprint density at radius 2 is 1.51 bits per heavy atom. The number of fused-ring (bicyclic) bond motifs is 1. The Kier molecular flexibility index (Phi) is 10.9. The van der Waals surface area contributed by atoms with Gasteiger partial charge in [0, 0.05) is 32.2 Å². The highest BCUT2D eigenvalue weighted by atomic mass is 16.5. The van der Waals surface area contributed by atoms with Gasteiger partial charge >= 0.3 is 5.97 Å². The number of ether oxygens (including phenoxy) is 2. The summed E-state index contributed by atoms with van der Waals surface area (Å²) in [5.74, 6) is 0.214. The minimum absolute atomic E-state index is 0.0631. The van der Waals surface area contributed by atoms with Crippen molar-refractivity contribution in [3.05, 3.63) is 119 Å². The summed E-state index contributed by atoms with van der Waals surface area (Å²) < 4.78 is 11.3. The van der Waals surface area contributed by atoms with Gasteiger partial charge in [0.2, 0.25) is 11.8 Å². The summed E-state index contributed by atoms with van der Waals surface area (Å²) in [4.78, 5) is 41.7. The molecule has 2 amide bonds. The molecule has 2 aliphatic rings. The minimum atomic E-state index is -1.13. The molecule has 1 aliphatic carbocycles. The number of carbonyl (C=O) groups excluding carboxylic acids is 2. The zero-order chi connectivity index (χ0) is 34.2. The number of hydrogen-bond donors (Lipinski definition) is 2. The van der Waals surface area contributed by atoms with Crippen molar-refractivity contribution < 1.29 is 29.0 Å². The number of amides is 2. The van der Waals surface area contributed by atoms with Gasteiger partial charge in [-0.1, -0.05) is 85.6 Å². The van der Waals surface area contributed by atoms with Gasteiger partial charge in [0.25, 0.3) is 0 Å². The summed E-state index contributed by atoms with van der Waals surface area (Å²) in [6, 6.07) is 29.5. The van der Waals surface area contributed by atoms with E-state index in [1.807, 2.05) is 97.1 Å². The molecule has 0 bridgehead atoms. The molecule has 0 saturated heterocycles. The van der Waals surface area contributed by atoms with Crippen molar-refractivity contribution in [2.45, 2.75) is 70.0 Å². The van der Waals surface area contributed by atoms with E-state index in [4.69, 9.17) is 9.47 Å². The van der Waals surface area contributed by atoms with Crippen molar-refractivity contribution in [3.8, 4) is 22.6 Å². The first-order valence-electron chi connectivity index (χ1n) is 17.2. The molecule has 0 radical (unpaired) electrons. The van der Waals surface area contributed by atoms with Gasteiger partial charge in [-0.2, -0.15) is 0 Å². The van der Waals surface area contributed by atoms with Crippen LogP contribution in [0.5, 0.6) is 11.5 Å². The predicted octanol–water partition coefficient (Wildman–Crippen LogP) is 6.63. The van der Waals surface area contributed by atoms with Crippen LogP contribution >= 0.6 is 0 Å². The largest absolute Gasteiger partial charge is 0.497 e. The molecule has 6 rings (SSSR count). The normalized spacial score (nSPS) is 16.4. The van der Waals surface area contributed by atoms with Crippen molar-refractivity contribution in [1.29, 1.82) is 0 Å². The molecule has 254 valence electrons. The molecule has 1 saturated carbocycles. The molecule has 4 aromatic carbocycles. The van der Waals surface area contributed by atoms with Crippen molar-refractivity contribution in [1.82, 2.24) is 10.2 Å². The van der Waals surface area contributed by atoms with E-state index in [-0.39, 0.29) is 18.9 Å². The third-order valence-corrected chi connectivity index (χ3v) is 9.80. The topological polar surface area (TPSA) is 105 Å². The van der Waals surface area contributed by atoms with Gasteiger partial charge in [0.05, 0.1) is 13.7 Å². The highest BCUT2D eigenvalue weighted by Gasteiger charge is 2.37. The number of hydrogen-bond acceptors (Lipinski definition) is 5. The molecule has 4 aromatic rings. The second-order valence-electron chi connectivity index (χ2n) is 13.1. The molecule has 0 spiro atoms. The summed E-state index contributed by atoms with van der Waals surface area (Å²) in [6.07, 6.45) is 5.84. The lowest BCUT2D eigenvalue weighted by atomic mass is 9.91. The molecule has 2 atom stereocenters. The van der Waals surface area contributed by atoms with Crippen LogP contribution in [0.1, 0.15) is 54.4 Å². The quantitative estimate of drug-likeness (QED) is 0.167. The molecule has 0 unspecified atom stereocenters. The van der Waals surface area contributed by atoms with E-state index >= 15 is 0 Å². The first kappa shape index (κ1) is 33.8. The fourth-order valence-corrected chi connectivity index (χ4v) is 6.97. The minimum Gasteiger partial charge on any atom is -0.497 e. The maximum Gasteiger partial charge on any atom is 0.326 e. The number of nitrogens with one attached hydrogen (secondary N) is 1. The average molecular weight is 661 g/mol.